The van der Waals surface area contributed by atoms with E-state index in [4.69, 9.17) is 9.72 Å². The minimum atomic E-state index is -0.454. The van der Waals surface area contributed by atoms with Crippen LogP contribution in [-0.4, -0.2) is 33.0 Å². The molecule has 8 heteroatoms. The highest BCUT2D eigenvalue weighted by Crippen LogP contribution is 2.47. The summed E-state index contributed by atoms with van der Waals surface area (Å²) >= 11 is 0. The Labute approximate surface area is 210 Å². The second-order valence-electron chi connectivity index (χ2n) is 8.95. The number of imidazole rings is 1. The van der Waals surface area contributed by atoms with Gasteiger partial charge < -0.3 is 20.0 Å². The molecule has 0 aliphatic heterocycles. The number of pyridine rings is 1. The van der Waals surface area contributed by atoms with Gasteiger partial charge in [-0.2, -0.15) is 0 Å². The Morgan fingerprint density at radius 1 is 1.03 bits per heavy atom. The lowest BCUT2D eigenvalue weighted by molar-refractivity contribution is 0.0945. The van der Waals surface area contributed by atoms with Gasteiger partial charge in [0.1, 0.15) is 11.5 Å². The number of H-pyrrole nitrogens is 2. The highest BCUT2D eigenvalue weighted by Gasteiger charge is 2.32. The van der Waals surface area contributed by atoms with Gasteiger partial charge in [0, 0.05) is 35.5 Å². The number of halogens is 1. The molecular formula is C29H20FN5O2. The molecule has 0 saturated carbocycles. The van der Waals surface area contributed by atoms with E-state index in [0.717, 1.165) is 33.2 Å². The average Bonchev–Trinajstić information content (AvgIpc) is 3.64. The Kier molecular flexibility index (Phi) is 4.62. The Hall–Kier alpha value is -4.98. The fourth-order valence-electron chi connectivity index (χ4n) is 5.27. The van der Waals surface area contributed by atoms with Gasteiger partial charge in [-0.1, -0.05) is 42.5 Å². The third-order valence-corrected chi connectivity index (χ3v) is 6.94. The fourth-order valence-corrected chi connectivity index (χ4v) is 5.27. The van der Waals surface area contributed by atoms with Crippen LogP contribution in [0.25, 0.3) is 44.6 Å². The molecule has 1 unspecified atom stereocenters. The SMILES string of the molecule is COc1cc2nc(-c3cccc4c3-c3ccccc3C4NC(=O)c3ccnc4[nH]ccc34)[nH]c2cc1F. The summed E-state index contributed by atoms with van der Waals surface area (Å²) in [5.74, 6) is 0.120. The van der Waals surface area contributed by atoms with Gasteiger partial charge in [-0.15, -0.1) is 0 Å². The lowest BCUT2D eigenvalue weighted by atomic mass is 9.98. The van der Waals surface area contributed by atoms with Gasteiger partial charge in [0.15, 0.2) is 11.6 Å². The zero-order valence-electron chi connectivity index (χ0n) is 19.7. The Morgan fingerprint density at radius 3 is 2.76 bits per heavy atom. The van der Waals surface area contributed by atoms with E-state index in [-0.39, 0.29) is 17.7 Å². The molecule has 0 fully saturated rings. The van der Waals surface area contributed by atoms with Crippen LogP contribution in [-0.2, 0) is 0 Å². The van der Waals surface area contributed by atoms with Gasteiger partial charge >= 0.3 is 0 Å². The minimum absolute atomic E-state index is 0.143. The molecular weight excluding hydrogens is 469 g/mol. The number of hydrogen-bond donors (Lipinski definition) is 3. The number of ether oxygens (including phenoxy) is 1. The summed E-state index contributed by atoms with van der Waals surface area (Å²) in [5, 5.41) is 4.01. The first kappa shape index (κ1) is 21.3. The summed E-state index contributed by atoms with van der Waals surface area (Å²) in [4.78, 5) is 28.8. The Bertz CT molecular complexity index is 1850. The molecule has 7 nitrogen and oxygen atoms in total. The quantitative estimate of drug-likeness (QED) is 0.294. The van der Waals surface area contributed by atoms with Crippen LogP contribution in [0.2, 0.25) is 0 Å². The zero-order valence-corrected chi connectivity index (χ0v) is 19.7. The summed E-state index contributed by atoms with van der Waals surface area (Å²) in [5.41, 5.74) is 7.25. The predicted octanol–water partition coefficient (Wildman–Crippen LogP) is 5.75. The Morgan fingerprint density at radius 2 is 1.86 bits per heavy atom. The molecule has 0 bridgehead atoms. The van der Waals surface area contributed by atoms with Crippen LogP contribution in [0.3, 0.4) is 0 Å². The number of hydrogen-bond acceptors (Lipinski definition) is 4. The molecule has 0 spiro atoms. The van der Waals surface area contributed by atoms with E-state index in [1.807, 2.05) is 48.5 Å². The van der Waals surface area contributed by atoms with Crippen LogP contribution in [0.15, 0.2) is 79.1 Å². The number of fused-ring (bicyclic) bond motifs is 5. The summed E-state index contributed by atoms with van der Waals surface area (Å²) < 4.78 is 19.4. The smallest absolute Gasteiger partial charge is 0.252 e. The number of benzene rings is 3. The molecule has 7 rings (SSSR count). The van der Waals surface area contributed by atoms with Crippen molar-refractivity contribution in [2.75, 3.05) is 7.11 Å². The van der Waals surface area contributed by atoms with Crippen molar-refractivity contribution in [1.29, 1.82) is 0 Å². The van der Waals surface area contributed by atoms with Gasteiger partial charge in [-0.25, -0.2) is 14.4 Å². The second-order valence-corrected chi connectivity index (χ2v) is 8.95. The van der Waals surface area contributed by atoms with Crippen LogP contribution in [0.5, 0.6) is 5.75 Å². The third kappa shape index (κ3) is 3.22. The average molecular weight is 490 g/mol. The van der Waals surface area contributed by atoms with Gasteiger partial charge in [0.25, 0.3) is 5.91 Å². The van der Waals surface area contributed by atoms with Crippen molar-refractivity contribution >= 4 is 28.0 Å². The number of carbonyl (C=O) groups excluding carboxylic acids is 1. The normalized spacial score (nSPS) is 14.1. The van der Waals surface area contributed by atoms with E-state index >= 15 is 0 Å². The number of aromatic nitrogens is 4. The zero-order chi connectivity index (χ0) is 25.1. The van der Waals surface area contributed by atoms with Crippen LogP contribution in [0, 0.1) is 5.82 Å². The molecule has 37 heavy (non-hydrogen) atoms. The first-order chi connectivity index (χ1) is 18.1. The van der Waals surface area contributed by atoms with Crippen LogP contribution < -0.4 is 10.1 Å². The monoisotopic (exact) mass is 489 g/mol. The molecule has 1 aliphatic carbocycles. The Balaban J connectivity index is 1.35. The van der Waals surface area contributed by atoms with Crippen molar-refractivity contribution in [1.82, 2.24) is 25.3 Å². The maximum absolute atomic E-state index is 14.3. The number of carbonyl (C=O) groups is 1. The lowest BCUT2D eigenvalue weighted by Crippen LogP contribution is -2.28. The highest BCUT2D eigenvalue weighted by atomic mass is 19.1. The van der Waals surface area contributed by atoms with Crippen LogP contribution >= 0.6 is 0 Å². The van der Waals surface area contributed by atoms with Gasteiger partial charge in [0.2, 0.25) is 0 Å². The maximum Gasteiger partial charge on any atom is 0.252 e. The largest absolute Gasteiger partial charge is 0.494 e. The lowest BCUT2D eigenvalue weighted by Gasteiger charge is -2.16. The van der Waals surface area contributed by atoms with E-state index < -0.39 is 5.82 Å². The molecule has 6 aromatic rings. The predicted molar refractivity (Wildman–Crippen MR) is 139 cm³/mol. The van der Waals surface area contributed by atoms with Crippen molar-refractivity contribution in [2.45, 2.75) is 6.04 Å². The number of nitrogens with zero attached hydrogens (tertiary/aromatic N) is 2. The summed E-state index contributed by atoms with van der Waals surface area (Å²) in [7, 11) is 1.43. The fraction of sp³-hybridized carbons (Fsp3) is 0.0690. The maximum atomic E-state index is 14.3. The number of aromatic amines is 2. The van der Waals surface area contributed by atoms with Gasteiger partial charge in [-0.05, 0) is 34.4 Å². The summed E-state index contributed by atoms with van der Waals surface area (Å²) in [6, 6.07) is 20.2. The molecule has 3 heterocycles. The number of amides is 1. The first-order valence-electron chi connectivity index (χ1n) is 11.8. The van der Waals surface area contributed by atoms with Crippen molar-refractivity contribution < 1.29 is 13.9 Å². The summed E-state index contributed by atoms with van der Waals surface area (Å²) in [6.07, 6.45) is 3.40. The van der Waals surface area contributed by atoms with Gasteiger partial charge in [0.05, 0.1) is 29.7 Å². The van der Waals surface area contributed by atoms with E-state index in [1.54, 1.807) is 24.5 Å². The molecule has 3 N–H and O–H groups in total. The highest BCUT2D eigenvalue weighted by molar-refractivity contribution is 6.06. The summed E-state index contributed by atoms with van der Waals surface area (Å²) in [6.45, 7) is 0. The van der Waals surface area contributed by atoms with Gasteiger partial charge in [-0.3, -0.25) is 4.79 Å². The van der Waals surface area contributed by atoms with E-state index in [2.05, 4.69) is 20.3 Å². The molecule has 180 valence electrons. The molecule has 3 aromatic carbocycles. The van der Waals surface area contributed by atoms with E-state index in [9.17, 15) is 9.18 Å². The van der Waals surface area contributed by atoms with E-state index in [0.29, 0.717) is 28.1 Å². The van der Waals surface area contributed by atoms with Crippen molar-refractivity contribution in [3.8, 4) is 28.3 Å². The first-order valence-corrected chi connectivity index (χ1v) is 11.8. The molecule has 0 radical (unpaired) electrons. The van der Waals surface area contributed by atoms with Crippen molar-refractivity contribution in [2.24, 2.45) is 0 Å². The number of nitrogens with one attached hydrogen (secondary N) is 3. The number of rotatable bonds is 4. The van der Waals surface area contributed by atoms with Crippen molar-refractivity contribution in [3.63, 3.8) is 0 Å². The molecule has 1 amide bonds. The number of methoxy groups -OCH3 is 1. The topological polar surface area (TPSA) is 95.7 Å². The van der Waals surface area contributed by atoms with Crippen LogP contribution in [0.4, 0.5) is 4.39 Å². The molecule has 3 aromatic heterocycles. The van der Waals surface area contributed by atoms with Crippen LogP contribution in [0.1, 0.15) is 27.5 Å². The van der Waals surface area contributed by atoms with Crippen molar-refractivity contribution in [3.05, 3.63) is 102 Å². The molecule has 1 atom stereocenters. The minimum Gasteiger partial charge on any atom is -0.494 e. The van der Waals surface area contributed by atoms with E-state index in [1.165, 1.54) is 13.2 Å². The standard InChI is InChI=1S/C29H20FN5O2/c1-37-24-14-23-22(13-21(24)30)33-28(34-23)20-8-4-7-19-25(20)15-5-2-3-6-16(15)26(19)35-29(36)18-10-12-32-27-17(18)9-11-31-27/h2-14,26H,1H3,(H,31,32)(H,33,34)(H,35,36). The molecule has 1 aliphatic rings. The third-order valence-electron chi connectivity index (χ3n) is 6.94. The molecule has 0 saturated heterocycles. The second kappa shape index (κ2) is 8.03.